The number of nitrogens with one attached hydrogen (secondary N) is 1. The molecule has 1 aliphatic carbocycles. The third-order valence-electron chi connectivity index (χ3n) is 3.87. The number of ether oxygens (including phenoxy) is 1. The molecule has 1 aromatic rings. The van der Waals surface area contributed by atoms with Gasteiger partial charge in [-0.3, -0.25) is 4.79 Å². The van der Waals surface area contributed by atoms with Crippen LogP contribution in [0.25, 0.3) is 0 Å². The number of rotatable bonds is 5. The minimum Gasteiger partial charge on any atom is -0.481 e. The van der Waals surface area contributed by atoms with Crippen molar-refractivity contribution in [1.29, 1.82) is 0 Å². The summed E-state index contributed by atoms with van der Waals surface area (Å²) in [6.45, 7) is 1.87. The summed E-state index contributed by atoms with van der Waals surface area (Å²) in [5, 5.41) is 3.02. The molecule has 1 fully saturated rings. The molecule has 0 bridgehead atoms. The van der Waals surface area contributed by atoms with E-state index >= 15 is 0 Å². The normalized spacial score (nSPS) is 17.3. The van der Waals surface area contributed by atoms with Crippen molar-refractivity contribution in [3.63, 3.8) is 0 Å². The van der Waals surface area contributed by atoms with Crippen LogP contribution in [0.3, 0.4) is 0 Å². The molecule has 2 rings (SSSR count). The predicted molar refractivity (Wildman–Crippen MR) is 79.4 cm³/mol. The molecule has 1 aromatic carbocycles. The molecule has 1 amide bonds. The van der Waals surface area contributed by atoms with Crippen molar-refractivity contribution in [2.75, 3.05) is 0 Å². The second-order valence-corrected chi connectivity index (χ2v) is 5.56. The summed E-state index contributed by atoms with van der Waals surface area (Å²) < 4.78 is 18.8. The molecule has 0 spiro atoms. The van der Waals surface area contributed by atoms with E-state index in [1.807, 2.05) is 0 Å². The summed E-state index contributed by atoms with van der Waals surface area (Å²) in [7, 11) is 0. The Kier molecular flexibility index (Phi) is 5.56. The van der Waals surface area contributed by atoms with Crippen LogP contribution in [0.2, 0.25) is 0 Å². The topological polar surface area (TPSA) is 64.3 Å². The van der Waals surface area contributed by atoms with Gasteiger partial charge < -0.3 is 15.8 Å². The molecule has 0 aliphatic heterocycles. The molecule has 0 heterocycles. The van der Waals surface area contributed by atoms with Crippen molar-refractivity contribution in [3.05, 3.63) is 29.6 Å². The van der Waals surface area contributed by atoms with E-state index in [-0.39, 0.29) is 24.3 Å². The van der Waals surface area contributed by atoms with Gasteiger partial charge in [0.1, 0.15) is 11.6 Å². The molecular formula is C16H23FN2O2. The molecule has 1 atom stereocenters. The Labute approximate surface area is 124 Å². The lowest BCUT2D eigenvalue weighted by Gasteiger charge is -2.25. The van der Waals surface area contributed by atoms with Crippen molar-refractivity contribution in [2.45, 2.75) is 57.7 Å². The number of hydrogen-bond acceptors (Lipinski definition) is 3. The zero-order valence-electron chi connectivity index (χ0n) is 12.4. The summed E-state index contributed by atoms with van der Waals surface area (Å²) in [5.74, 6) is -0.0264. The Morgan fingerprint density at radius 1 is 1.43 bits per heavy atom. The fraction of sp³-hybridized carbons (Fsp3) is 0.562. The first-order valence-corrected chi connectivity index (χ1v) is 7.55. The van der Waals surface area contributed by atoms with E-state index in [1.54, 1.807) is 6.92 Å². The van der Waals surface area contributed by atoms with E-state index < -0.39 is 6.10 Å². The van der Waals surface area contributed by atoms with Gasteiger partial charge in [-0.2, -0.15) is 0 Å². The minimum absolute atomic E-state index is 0.130. The van der Waals surface area contributed by atoms with Gasteiger partial charge in [0.15, 0.2) is 6.10 Å². The highest BCUT2D eigenvalue weighted by Gasteiger charge is 2.21. The molecule has 0 aromatic heterocycles. The van der Waals surface area contributed by atoms with Gasteiger partial charge in [0, 0.05) is 18.2 Å². The first-order chi connectivity index (χ1) is 10.1. The average Bonchev–Trinajstić information content (AvgIpc) is 2.49. The number of benzene rings is 1. The fourth-order valence-corrected chi connectivity index (χ4v) is 2.63. The quantitative estimate of drug-likeness (QED) is 0.877. The molecule has 21 heavy (non-hydrogen) atoms. The van der Waals surface area contributed by atoms with Crippen LogP contribution in [0.5, 0.6) is 5.75 Å². The molecule has 1 saturated carbocycles. The SMILES string of the molecule is CC(Oc1ccc(F)cc1CN)C(=O)NC1CCCCC1. The number of carbonyl (C=O) groups is 1. The van der Waals surface area contributed by atoms with Crippen molar-refractivity contribution < 1.29 is 13.9 Å². The monoisotopic (exact) mass is 294 g/mol. The van der Waals surface area contributed by atoms with Gasteiger partial charge in [-0.05, 0) is 38.0 Å². The lowest BCUT2D eigenvalue weighted by molar-refractivity contribution is -0.128. The third kappa shape index (κ3) is 4.43. The number of carbonyl (C=O) groups excluding carboxylic acids is 1. The summed E-state index contributed by atoms with van der Waals surface area (Å²) in [4.78, 5) is 12.1. The van der Waals surface area contributed by atoms with Gasteiger partial charge in [0.05, 0.1) is 0 Å². The Hall–Kier alpha value is -1.62. The third-order valence-corrected chi connectivity index (χ3v) is 3.87. The van der Waals surface area contributed by atoms with E-state index in [1.165, 1.54) is 24.6 Å². The van der Waals surface area contributed by atoms with Gasteiger partial charge in [0.25, 0.3) is 5.91 Å². The zero-order valence-corrected chi connectivity index (χ0v) is 12.4. The fourth-order valence-electron chi connectivity index (χ4n) is 2.63. The number of amides is 1. The molecule has 0 saturated heterocycles. The first-order valence-electron chi connectivity index (χ1n) is 7.55. The van der Waals surface area contributed by atoms with Crippen molar-refractivity contribution in [2.24, 2.45) is 5.73 Å². The Bertz CT molecular complexity index is 487. The van der Waals surface area contributed by atoms with Crippen LogP contribution in [0.4, 0.5) is 4.39 Å². The predicted octanol–water partition coefficient (Wildman–Crippen LogP) is 2.50. The molecule has 3 N–H and O–H groups in total. The Balaban J connectivity index is 1.93. The number of halogens is 1. The standard InChI is InChI=1S/C16H23FN2O2/c1-11(16(20)19-14-5-3-2-4-6-14)21-15-8-7-13(17)9-12(15)10-18/h7-9,11,14H,2-6,10,18H2,1H3,(H,19,20). The summed E-state index contributed by atoms with van der Waals surface area (Å²) >= 11 is 0. The molecule has 1 aliphatic rings. The lowest BCUT2D eigenvalue weighted by Crippen LogP contribution is -2.43. The second-order valence-electron chi connectivity index (χ2n) is 5.56. The first kappa shape index (κ1) is 15.8. The van der Waals surface area contributed by atoms with Crippen LogP contribution in [0.1, 0.15) is 44.6 Å². The van der Waals surface area contributed by atoms with E-state index in [0.717, 1.165) is 25.7 Å². The zero-order chi connectivity index (χ0) is 15.2. The van der Waals surface area contributed by atoms with Crippen LogP contribution >= 0.6 is 0 Å². The van der Waals surface area contributed by atoms with Gasteiger partial charge in [-0.15, -0.1) is 0 Å². The number of hydrogen-bond donors (Lipinski definition) is 2. The highest BCUT2D eigenvalue weighted by Crippen LogP contribution is 2.21. The molecule has 5 heteroatoms. The number of nitrogens with two attached hydrogens (primary N) is 1. The Morgan fingerprint density at radius 2 is 2.14 bits per heavy atom. The van der Waals surface area contributed by atoms with Crippen LogP contribution in [-0.2, 0) is 11.3 Å². The van der Waals surface area contributed by atoms with Gasteiger partial charge in [-0.1, -0.05) is 19.3 Å². The van der Waals surface area contributed by atoms with Crippen molar-refractivity contribution in [1.82, 2.24) is 5.32 Å². The largest absolute Gasteiger partial charge is 0.481 e. The van der Waals surface area contributed by atoms with Crippen molar-refractivity contribution in [3.8, 4) is 5.75 Å². The van der Waals surface area contributed by atoms with E-state index in [9.17, 15) is 9.18 Å². The molecule has 116 valence electrons. The maximum absolute atomic E-state index is 13.1. The van der Waals surface area contributed by atoms with Crippen LogP contribution in [0, 0.1) is 5.82 Å². The maximum atomic E-state index is 13.1. The van der Waals surface area contributed by atoms with Crippen molar-refractivity contribution >= 4 is 5.91 Å². The van der Waals surface area contributed by atoms with E-state index in [4.69, 9.17) is 10.5 Å². The highest BCUT2D eigenvalue weighted by molar-refractivity contribution is 5.81. The van der Waals surface area contributed by atoms with Gasteiger partial charge in [0.2, 0.25) is 0 Å². The highest BCUT2D eigenvalue weighted by atomic mass is 19.1. The van der Waals surface area contributed by atoms with Gasteiger partial charge >= 0.3 is 0 Å². The summed E-state index contributed by atoms with van der Waals surface area (Å²) in [6, 6.07) is 4.41. The molecule has 1 unspecified atom stereocenters. The van der Waals surface area contributed by atoms with E-state index in [0.29, 0.717) is 11.3 Å². The molecular weight excluding hydrogens is 271 g/mol. The Morgan fingerprint density at radius 3 is 2.81 bits per heavy atom. The van der Waals surface area contributed by atoms with Crippen LogP contribution in [0.15, 0.2) is 18.2 Å². The van der Waals surface area contributed by atoms with E-state index in [2.05, 4.69) is 5.32 Å². The average molecular weight is 294 g/mol. The lowest BCUT2D eigenvalue weighted by atomic mass is 9.95. The second kappa shape index (κ2) is 7.41. The maximum Gasteiger partial charge on any atom is 0.260 e. The minimum atomic E-state index is -0.623. The van der Waals surface area contributed by atoms with Gasteiger partial charge in [-0.25, -0.2) is 4.39 Å². The van der Waals surface area contributed by atoms with Crippen LogP contribution < -0.4 is 15.8 Å². The summed E-state index contributed by atoms with van der Waals surface area (Å²) in [6.07, 6.45) is 5.01. The smallest absolute Gasteiger partial charge is 0.260 e. The van der Waals surface area contributed by atoms with Crippen LogP contribution in [-0.4, -0.2) is 18.1 Å². The molecule has 4 nitrogen and oxygen atoms in total. The summed E-state index contributed by atoms with van der Waals surface area (Å²) in [5.41, 5.74) is 6.14. The molecule has 0 radical (unpaired) electrons.